The summed E-state index contributed by atoms with van der Waals surface area (Å²) >= 11 is 0. The van der Waals surface area contributed by atoms with Crippen molar-refractivity contribution in [1.82, 2.24) is 0 Å². The summed E-state index contributed by atoms with van der Waals surface area (Å²) in [6, 6.07) is 0. The number of rotatable bonds is 32. The van der Waals surface area contributed by atoms with E-state index in [0.717, 1.165) is 50.4 Å². The van der Waals surface area contributed by atoms with E-state index in [9.17, 15) is 24.2 Å². The highest BCUT2D eigenvalue weighted by atomic mass is 31.2. The van der Waals surface area contributed by atoms with E-state index in [2.05, 4.69) is 32.2 Å². The molecule has 0 aromatic rings. The lowest BCUT2D eigenvalue weighted by Crippen LogP contribution is -2.29. The monoisotopic (exact) mass is 666 g/mol. The van der Waals surface area contributed by atoms with Gasteiger partial charge in [0.1, 0.15) is 12.7 Å². The van der Waals surface area contributed by atoms with Crippen LogP contribution in [0.4, 0.5) is 0 Å². The van der Waals surface area contributed by atoms with Gasteiger partial charge in [-0.3, -0.25) is 18.6 Å². The van der Waals surface area contributed by atoms with Gasteiger partial charge in [-0.2, -0.15) is 0 Å². The van der Waals surface area contributed by atoms with Crippen LogP contribution in [-0.2, 0) is 32.7 Å². The maximum absolute atomic E-state index is 12.5. The largest absolute Gasteiger partial charge is 0.472 e. The molecule has 0 bridgehead atoms. The molecule has 0 aromatic carbocycles. The first-order chi connectivity index (χ1) is 21.4. The Morgan fingerprint density at radius 1 is 0.600 bits per heavy atom. The fraction of sp³-hybridized carbons (Fsp3) is 0.941. The molecule has 0 saturated heterocycles. The van der Waals surface area contributed by atoms with Crippen molar-refractivity contribution in [3.8, 4) is 0 Å². The highest BCUT2D eigenvalue weighted by Crippen LogP contribution is 2.43. The van der Waals surface area contributed by atoms with Crippen LogP contribution < -0.4 is 0 Å². The Morgan fingerprint density at radius 2 is 1.00 bits per heavy atom. The number of carbonyl (C=O) groups is 2. The predicted octanol–water partition coefficient (Wildman–Crippen LogP) is 8.04. The van der Waals surface area contributed by atoms with Crippen molar-refractivity contribution in [3.63, 3.8) is 0 Å². The topological polar surface area (TPSA) is 149 Å². The summed E-state index contributed by atoms with van der Waals surface area (Å²) in [5.41, 5.74) is 0. The zero-order valence-electron chi connectivity index (χ0n) is 28.9. The van der Waals surface area contributed by atoms with E-state index in [0.29, 0.717) is 12.8 Å². The smallest absolute Gasteiger partial charge is 0.462 e. The van der Waals surface area contributed by atoms with Crippen LogP contribution >= 0.6 is 7.82 Å². The van der Waals surface area contributed by atoms with Gasteiger partial charge in [0.15, 0.2) is 6.10 Å². The highest BCUT2D eigenvalue weighted by Gasteiger charge is 2.27. The lowest BCUT2D eigenvalue weighted by Gasteiger charge is -2.20. The van der Waals surface area contributed by atoms with Crippen LogP contribution in [0.5, 0.6) is 0 Å². The van der Waals surface area contributed by atoms with Gasteiger partial charge < -0.3 is 24.6 Å². The molecule has 0 aliphatic rings. The minimum absolute atomic E-state index is 0.187. The fourth-order valence-corrected chi connectivity index (χ4v) is 5.62. The van der Waals surface area contributed by atoms with E-state index in [1.165, 1.54) is 64.2 Å². The van der Waals surface area contributed by atoms with Gasteiger partial charge in [-0.25, -0.2) is 4.57 Å². The molecule has 45 heavy (non-hydrogen) atoms. The number of phosphoric acid groups is 1. The second-order valence-corrected chi connectivity index (χ2v) is 14.7. The quantitative estimate of drug-likeness (QED) is 0.0366. The van der Waals surface area contributed by atoms with Crippen LogP contribution in [0, 0.1) is 11.8 Å². The number of ether oxygens (including phenoxy) is 2. The third-order valence-electron chi connectivity index (χ3n) is 7.62. The Kier molecular flexibility index (Phi) is 28.5. The van der Waals surface area contributed by atoms with E-state index in [1.54, 1.807) is 0 Å². The van der Waals surface area contributed by atoms with E-state index in [-0.39, 0.29) is 19.4 Å². The maximum Gasteiger partial charge on any atom is 0.472 e. The molecule has 10 nitrogen and oxygen atoms in total. The zero-order chi connectivity index (χ0) is 33.8. The minimum atomic E-state index is -4.60. The third-order valence-corrected chi connectivity index (χ3v) is 8.57. The van der Waals surface area contributed by atoms with Crippen molar-refractivity contribution in [2.45, 2.75) is 168 Å². The van der Waals surface area contributed by atoms with Crippen molar-refractivity contribution in [2.24, 2.45) is 11.8 Å². The number of esters is 2. The molecular formula is C34H67O10P. The normalized spacial score (nSPS) is 14.4. The van der Waals surface area contributed by atoms with Crippen molar-refractivity contribution in [1.29, 1.82) is 0 Å². The van der Waals surface area contributed by atoms with Gasteiger partial charge in [0.25, 0.3) is 0 Å². The summed E-state index contributed by atoms with van der Waals surface area (Å²) in [5, 5.41) is 18.2. The average molecular weight is 667 g/mol. The number of aliphatic hydroxyl groups excluding tert-OH is 2. The molecule has 0 aliphatic carbocycles. The minimum Gasteiger partial charge on any atom is -0.462 e. The Morgan fingerprint density at radius 3 is 1.44 bits per heavy atom. The first-order valence-corrected chi connectivity index (χ1v) is 19.2. The molecule has 3 atom stereocenters. The second-order valence-electron chi connectivity index (χ2n) is 13.2. The first-order valence-electron chi connectivity index (χ1n) is 17.7. The predicted molar refractivity (Wildman–Crippen MR) is 178 cm³/mol. The zero-order valence-corrected chi connectivity index (χ0v) is 29.8. The van der Waals surface area contributed by atoms with Crippen LogP contribution in [-0.4, -0.2) is 65.7 Å². The molecule has 268 valence electrons. The number of unbranched alkanes of at least 4 members (excludes halogenated alkanes) is 14. The Hall–Kier alpha value is -1.03. The molecule has 0 aromatic heterocycles. The van der Waals surface area contributed by atoms with Crippen molar-refractivity contribution in [3.05, 3.63) is 0 Å². The Labute approximate surface area is 273 Å². The van der Waals surface area contributed by atoms with Gasteiger partial charge >= 0.3 is 19.8 Å². The molecule has 0 rings (SSSR count). The average Bonchev–Trinajstić information content (AvgIpc) is 2.98. The number of aliphatic hydroxyl groups is 2. The first kappa shape index (κ1) is 44.0. The molecule has 1 unspecified atom stereocenters. The lowest BCUT2D eigenvalue weighted by atomic mass is 10.0. The lowest BCUT2D eigenvalue weighted by molar-refractivity contribution is -0.161. The summed E-state index contributed by atoms with van der Waals surface area (Å²) in [5.74, 6) is 0.598. The summed E-state index contributed by atoms with van der Waals surface area (Å²) in [4.78, 5) is 34.7. The number of hydrogen-bond acceptors (Lipinski definition) is 9. The van der Waals surface area contributed by atoms with Crippen molar-refractivity contribution in [2.75, 3.05) is 26.4 Å². The number of hydrogen-bond donors (Lipinski definition) is 3. The molecule has 0 heterocycles. The Bertz CT molecular complexity index is 761. The van der Waals surface area contributed by atoms with E-state index >= 15 is 0 Å². The third kappa shape index (κ3) is 31.3. The summed E-state index contributed by atoms with van der Waals surface area (Å²) in [6.45, 7) is 6.91. The molecule has 0 saturated carbocycles. The molecule has 3 N–H and O–H groups in total. The van der Waals surface area contributed by atoms with Gasteiger partial charge in [0, 0.05) is 12.8 Å². The summed E-state index contributed by atoms with van der Waals surface area (Å²) in [7, 11) is -4.60. The van der Waals surface area contributed by atoms with Crippen molar-refractivity contribution >= 4 is 19.8 Å². The van der Waals surface area contributed by atoms with Gasteiger partial charge in [-0.05, 0) is 24.7 Å². The van der Waals surface area contributed by atoms with Crippen LogP contribution in [0.1, 0.15) is 156 Å². The van der Waals surface area contributed by atoms with Crippen molar-refractivity contribution < 1.29 is 47.8 Å². The molecule has 0 radical (unpaired) electrons. The standard InChI is InChI=1S/C34H67O10P/c1-29(2)21-17-13-9-5-7-11-15-19-23-33(37)41-27-32(28-43-45(39,40)42-26-31(36)25-35)44-34(38)24-20-16-12-8-6-10-14-18-22-30(3)4/h29-32,35-36H,5-28H2,1-4H3,(H,39,40)/t31-,32+/m0/s1. The van der Waals surface area contributed by atoms with E-state index < -0.39 is 51.8 Å². The number of phosphoric ester groups is 1. The van der Waals surface area contributed by atoms with Gasteiger partial charge in [-0.1, -0.05) is 130 Å². The second kappa shape index (κ2) is 29.1. The fourth-order valence-electron chi connectivity index (χ4n) is 4.83. The van der Waals surface area contributed by atoms with Gasteiger partial charge in [0.2, 0.25) is 0 Å². The van der Waals surface area contributed by atoms with Gasteiger partial charge in [-0.15, -0.1) is 0 Å². The molecule has 0 fully saturated rings. The maximum atomic E-state index is 12.5. The van der Waals surface area contributed by atoms with E-state index in [4.69, 9.17) is 19.1 Å². The molecule has 11 heteroatoms. The van der Waals surface area contributed by atoms with Gasteiger partial charge in [0.05, 0.1) is 19.8 Å². The number of carbonyl (C=O) groups excluding carboxylic acids is 2. The van der Waals surface area contributed by atoms with Crippen LogP contribution in [0.15, 0.2) is 0 Å². The molecular weight excluding hydrogens is 599 g/mol. The SMILES string of the molecule is CC(C)CCCCCCCCCCC(=O)OC[C@H](COP(=O)(O)OC[C@@H](O)CO)OC(=O)CCCCCCCCCCC(C)C. The highest BCUT2D eigenvalue weighted by molar-refractivity contribution is 7.47. The molecule has 0 amide bonds. The van der Waals surface area contributed by atoms with Crippen LogP contribution in [0.25, 0.3) is 0 Å². The molecule has 0 spiro atoms. The van der Waals surface area contributed by atoms with Crippen LogP contribution in [0.2, 0.25) is 0 Å². The summed E-state index contributed by atoms with van der Waals surface area (Å²) < 4.78 is 32.5. The molecule has 0 aliphatic heterocycles. The summed E-state index contributed by atoms with van der Waals surface area (Å²) in [6.07, 6.45) is 18.2. The van der Waals surface area contributed by atoms with Crippen LogP contribution in [0.3, 0.4) is 0 Å². The van der Waals surface area contributed by atoms with E-state index in [1.807, 2.05) is 0 Å². The Balaban J connectivity index is 4.41.